The van der Waals surface area contributed by atoms with Gasteiger partial charge in [0, 0.05) is 17.8 Å². The lowest BCUT2D eigenvalue weighted by atomic mass is 10.1. The van der Waals surface area contributed by atoms with E-state index in [2.05, 4.69) is 15.6 Å². The monoisotopic (exact) mass is 345 g/mol. The van der Waals surface area contributed by atoms with Gasteiger partial charge in [0.1, 0.15) is 5.01 Å². The highest BCUT2D eigenvalue weighted by Gasteiger charge is 2.34. The zero-order valence-corrected chi connectivity index (χ0v) is 13.6. The van der Waals surface area contributed by atoms with E-state index < -0.39 is 17.9 Å². The van der Waals surface area contributed by atoms with Crippen LogP contribution in [0.4, 0.5) is 13.2 Å². The highest BCUT2D eigenvalue weighted by molar-refractivity contribution is 7.09. The summed E-state index contributed by atoms with van der Waals surface area (Å²) in [5, 5.41) is 6.87. The number of alkyl halides is 3. The number of nitrogens with one attached hydrogen (secondary N) is 2. The van der Waals surface area contributed by atoms with Crippen molar-refractivity contribution in [3.05, 3.63) is 16.1 Å². The van der Waals surface area contributed by atoms with Crippen molar-refractivity contribution in [3.63, 3.8) is 0 Å². The van der Waals surface area contributed by atoms with Gasteiger partial charge in [-0.05, 0) is 13.5 Å². The number of nitrogens with zero attached hydrogens (tertiary/aromatic N) is 1. The molecule has 2 unspecified atom stereocenters. The van der Waals surface area contributed by atoms with E-state index in [9.17, 15) is 18.0 Å². The summed E-state index contributed by atoms with van der Waals surface area (Å²) >= 11 is 0.915. The van der Waals surface area contributed by atoms with Crippen LogP contribution < -0.4 is 10.6 Å². The molecule has 0 fully saturated rings. The Bertz CT molecular complexity index is 453. The third-order valence-corrected chi connectivity index (χ3v) is 3.75. The summed E-state index contributed by atoms with van der Waals surface area (Å²) in [5.74, 6) is -0.453. The second-order valence-electron chi connectivity index (χ2n) is 4.50. The molecule has 0 radical (unpaired) electrons. The number of thiazole rings is 1. The standard InChI is InChI=1S/C12H18F3N3OS.ClH/c1-4-8(17-10(19)7(2)5-16-3)11-18-9(6-20-11)12(13,14)15;/h6-8,16H,4-5H2,1-3H3,(H,17,19);1H. The molecule has 4 nitrogen and oxygen atoms in total. The average Bonchev–Trinajstić information content (AvgIpc) is 2.85. The molecule has 0 saturated carbocycles. The van der Waals surface area contributed by atoms with Gasteiger partial charge in [0.05, 0.1) is 6.04 Å². The predicted molar refractivity (Wildman–Crippen MR) is 78.6 cm³/mol. The van der Waals surface area contributed by atoms with Crippen LogP contribution in [0.5, 0.6) is 0 Å². The summed E-state index contributed by atoms with van der Waals surface area (Å²) in [6.45, 7) is 4.05. The Morgan fingerprint density at radius 2 is 2.10 bits per heavy atom. The van der Waals surface area contributed by atoms with Gasteiger partial charge in [0.15, 0.2) is 5.69 Å². The molecule has 0 aliphatic heterocycles. The lowest BCUT2D eigenvalue weighted by Crippen LogP contribution is -2.36. The molecule has 0 saturated heterocycles. The summed E-state index contributed by atoms with van der Waals surface area (Å²) < 4.78 is 37.5. The Labute approximate surface area is 131 Å². The van der Waals surface area contributed by atoms with E-state index in [-0.39, 0.29) is 29.2 Å². The Hall–Kier alpha value is -0.860. The fourth-order valence-electron chi connectivity index (χ4n) is 1.63. The van der Waals surface area contributed by atoms with Crippen molar-refractivity contribution in [3.8, 4) is 0 Å². The van der Waals surface area contributed by atoms with Crippen molar-refractivity contribution in [1.29, 1.82) is 0 Å². The summed E-state index contributed by atoms with van der Waals surface area (Å²) in [4.78, 5) is 15.5. The SMILES string of the molecule is CCC(NC(=O)C(C)CNC)c1nc(C(F)(F)F)cs1.Cl. The first-order valence-electron chi connectivity index (χ1n) is 6.27. The topological polar surface area (TPSA) is 54.0 Å². The van der Waals surface area contributed by atoms with E-state index in [0.29, 0.717) is 13.0 Å². The minimum Gasteiger partial charge on any atom is -0.347 e. The Morgan fingerprint density at radius 3 is 2.52 bits per heavy atom. The van der Waals surface area contributed by atoms with Crippen molar-refractivity contribution in [2.75, 3.05) is 13.6 Å². The largest absolute Gasteiger partial charge is 0.434 e. The molecule has 21 heavy (non-hydrogen) atoms. The molecule has 1 heterocycles. The molecule has 0 spiro atoms. The van der Waals surface area contributed by atoms with Crippen LogP contribution >= 0.6 is 23.7 Å². The Balaban J connectivity index is 0.00000400. The van der Waals surface area contributed by atoms with Crippen LogP contribution in [0.2, 0.25) is 0 Å². The first-order chi connectivity index (χ1) is 9.29. The van der Waals surface area contributed by atoms with Gasteiger partial charge >= 0.3 is 6.18 Å². The highest BCUT2D eigenvalue weighted by atomic mass is 35.5. The fourth-order valence-corrected chi connectivity index (χ4v) is 2.59. The van der Waals surface area contributed by atoms with Gasteiger partial charge in [0.25, 0.3) is 0 Å². The Kier molecular flexibility index (Phi) is 8.20. The fraction of sp³-hybridized carbons (Fsp3) is 0.667. The van der Waals surface area contributed by atoms with E-state index >= 15 is 0 Å². The van der Waals surface area contributed by atoms with Crippen LogP contribution in [-0.2, 0) is 11.0 Å². The Morgan fingerprint density at radius 1 is 1.48 bits per heavy atom. The number of carbonyl (C=O) groups excluding carboxylic acids is 1. The number of hydrogen-bond acceptors (Lipinski definition) is 4. The highest BCUT2D eigenvalue weighted by Crippen LogP contribution is 2.32. The number of aromatic nitrogens is 1. The first kappa shape index (κ1) is 20.1. The van der Waals surface area contributed by atoms with Crippen molar-refractivity contribution in [2.24, 2.45) is 5.92 Å². The van der Waals surface area contributed by atoms with Gasteiger partial charge in [0.2, 0.25) is 5.91 Å². The minimum atomic E-state index is -4.45. The summed E-state index contributed by atoms with van der Waals surface area (Å²) in [5.41, 5.74) is -0.909. The van der Waals surface area contributed by atoms with Crippen molar-refractivity contribution in [1.82, 2.24) is 15.6 Å². The second-order valence-corrected chi connectivity index (χ2v) is 5.39. The third kappa shape index (κ3) is 5.80. The maximum atomic E-state index is 12.5. The van der Waals surface area contributed by atoms with Gasteiger partial charge < -0.3 is 10.6 Å². The predicted octanol–water partition coefficient (Wildman–Crippen LogP) is 3.01. The molecule has 2 atom stereocenters. The van der Waals surface area contributed by atoms with Crippen molar-refractivity contribution in [2.45, 2.75) is 32.5 Å². The van der Waals surface area contributed by atoms with Crippen LogP contribution in [-0.4, -0.2) is 24.5 Å². The van der Waals surface area contributed by atoms with Crippen molar-refractivity contribution < 1.29 is 18.0 Å². The van der Waals surface area contributed by atoms with Crippen molar-refractivity contribution >= 4 is 29.7 Å². The van der Waals surface area contributed by atoms with Crippen LogP contribution in [0.25, 0.3) is 0 Å². The lowest BCUT2D eigenvalue weighted by Gasteiger charge is -2.18. The molecular weight excluding hydrogens is 327 g/mol. The molecule has 1 aromatic rings. The summed E-state index contributed by atoms with van der Waals surface area (Å²) in [6.07, 6.45) is -3.96. The van der Waals surface area contributed by atoms with E-state index in [4.69, 9.17) is 0 Å². The maximum Gasteiger partial charge on any atom is 0.434 e. The molecule has 1 amide bonds. The number of amides is 1. The molecule has 1 aromatic heterocycles. The molecular formula is C12H19ClF3N3OS. The molecule has 0 aliphatic rings. The maximum absolute atomic E-state index is 12.5. The zero-order valence-electron chi connectivity index (χ0n) is 12.0. The lowest BCUT2D eigenvalue weighted by molar-refractivity contribution is -0.140. The number of carbonyl (C=O) groups is 1. The second kappa shape index (κ2) is 8.55. The third-order valence-electron chi connectivity index (χ3n) is 2.79. The van der Waals surface area contributed by atoms with Gasteiger partial charge in [-0.25, -0.2) is 4.98 Å². The van der Waals surface area contributed by atoms with Gasteiger partial charge in [-0.1, -0.05) is 13.8 Å². The van der Waals surface area contributed by atoms with Gasteiger partial charge in [-0.3, -0.25) is 4.79 Å². The number of halogens is 4. The zero-order chi connectivity index (χ0) is 15.3. The number of rotatable bonds is 6. The van der Waals surface area contributed by atoms with E-state index in [0.717, 1.165) is 16.7 Å². The van der Waals surface area contributed by atoms with E-state index in [1.165, 1.54) is 0 Å². The van der Waals surface area contributed by atoms with Gasteiger partial charge in [-0.15, -0.1) is 23.7 Å². The van der Waals surface area contributed by atoms with Crippen LogP contribution in [0.1, 0.15) is 37.0 Å². The van der Waals surface area contributed by atoms with Crippen LogP contribution in [0, 0.1) is 5.92 Å². The van der Waals surface area contributed by atoms with Gasteiger partial charge in [-0.2, -0.15) is 13.2 Å². The summed E-state index contributed by atoms with van der Waals surface area (Å²) in [6, 6.07) is -0.483. The molecule has 0 aliphatic carbocycles. The molecule has 1 rings (SSSR count). The molecule has 9 heteroatoms. The molecule has 2 N–H and O–H groups in total. The smallest absolute Gasteiger partial charge is 0.347 e. The van der Waals surface area contributed by atoms with Crippen LogP contribution in [0.3, 0.4) is 0 Å². The van der Waals surface area contributed by atoms with E-state index in [1.807, 2.05) is 0 Å². The average molecular weight is 346 g/mol. The minimum absolute atomic E-state index is 0. The quantitative estimate of drug-likeness (QED) is 0.833. The normalized spacial score (nSPS) is 14.2. The molecule has 0 bridgehead atoms. The molecule has 122 valence electrons. The van der Waals surface area contributed by atoms with E-state index in [1.54, 1.807) is 20.9 Å². The molecule has 0 aromatic carbocycles. The first-order valence-corrected chi connectivity index (χ1v) is 7.15. The summed E-state index contributed by atoms with van der Waals surface area (Å²) in [7, 11) is 1.73. The van der Waals surface area contributed by atoms with Crippen LogP contribution in [0.15, 0.2) is 5.38 Å². The number of hydrogen-bond donors (Lipinski definition) is 2.